The van der Waals surface area contributed by atoms with E-state index in [0.29, 0.717) is 0 Å². The third kappa shape index (κ3) is 11.1. The molecule has 7 nitrogen and oxygen atoms in total. The molecule has 0 aliphatic rings. The van der Waals surface area contributed by atoms with E-state index < -0.39 is 31.0 Å². The van der Waals surface area contributed by atoms with Crippen molar-refractivity contribution in [1.29, 1.82) is 0 Å². The van der Waals surface area contributed by atoms with Crippen molar-refractivity contribution in [2.75, 3.05) is 0 Å². The molecule has 2 N–H and O–H groups in total. The predicted molar refractivity (Wildman–Crippen MR) is 73.9 cm³/mol. The molecule has 0 aromatic heterocycles. The quantitative estimate of drug-likeness (QED) is 0.334. The number of carbonyl (C=O) groups excluding carboxylic acids is 2. The van der Waals surface area contributed by atoms with Crippen molar-refractivity contribution in [2.24, 2.45) is 0 Å². The molecule has 0 spiro atoms. The zero-order valence-electron chi connectivity index (χ0n) is 12.9. The summed E-state index contributed by atoms with van der Waals surface area (Å²) in [5, 5.41) is 23.4. The Morgan fingerprint density at radius 1 is 1.26 bits per heavy atom. The van der Waals surface area contributed by atoms with Gasteiger partial charge in [0.15, 0.2) is 0 Å². The smallest absolute Gasteiger partial charge is 0.550 e. The topological polar surface area (TPSA) is 122 Å². The van der Waals surface area contributed by atoms with Crippen LogP contribution in [0, 0.1) is 0 Å². The second-order valence-corrected chi connectivity index (χ2v) is 7.23. The minimum atomic E-state index is -3.58. The van der Waals surface area contributed by atoms with Crippen molar-refractivity contribution < 1.29 is 66.9 Å². The predicted octanol–water partition coefficient (Wildman–Crippen LogP) is -7.33. The molecular formula is C12H14Li2NO6PS. The van der Waals surface area contributed by atoms with Gasteiger partial charge in [0.25, 0.3) is 6.64 Å². The monoisotopic (exact) mass is 345 g/mol. The molecule has 116 valence electrons. The third-order valence-corrected chi connectivity index (χ3v) is 4.24. The fraction of sp³-hybridized carbons (Fsp3) is 0.333. The standard InChI is InChI=1S/C12H16NO6PS.2Li/c14-11(15)7-6-10(12(16)17)13-20(18,21)19-8-9-4-2-1-3-5-9;;/h1-5,10H,6-8H2,(H,14,15)(H,16,17)(H2,13,18,21);;/q;2*+1/p-2/t10-,20?;;/m0../s1. The molecule has 11 heteroatoms. The molecule has 0 aliphatic carbocycles. The number of rotatable bonds is 9. The fourth-order valence-electron chi connectivity index (χ4n) is 1.47. The summed E-state index contributed by atoms with van der Waals surface area (Å²) in [5.74, 6) is -2.97. The van der Waals surface area contributed by atoms with Gasteiger partial charge in [0.1, 0.15) is 0 Å². The number of nitrogens with one attached hydrogen (secondary N) is 1. The average molecular weight is 345 g/mol. The van der Waals surface area contributed by atoms with Crippen LogP contribution in [0.1, 0.15) is 18.4 Å². The van der Waals surface area contributed by atoms with Crippen LogP contribution in [0.5, 0.6) is 0 Å². The summed E-state index contributed by atoms with van der Waals surface area (Å²) in [6.45, 7) is -3.58. The average Bonchev–Trinajstić information content (AvgIpc) is 2.42. The van der Waals surface area contributed by atoms with Crippen molar-refractivity contribution in [3.05, 3.63) is 35.9 Å². The van der Waals surface area contributed by atoms with Gasteiger partial charge in [-0.25, -0.2) is 5.09 Å². The van der Waals surface area contributed by atoms with E-state index in [1.165, 1.54) is 0 Å². The first-order valence-electron chi connectivity index (χ1n) is 6.00. The van der Waals surface area contributed by atoms with Crippen molar-refractivity contribution >= 4 is 30.4 Å². The van der Waals surface area contributed by atoms with Crippen LogP contribution in [0.4, 0.5) is 0 Å². The van der Waals surface area contributed by atoms with Gasteiger partial charge in [-0.05, 0) is 30.2 Å². The van der Waals surface area contributed by atoms with Crippen LogP contribution in [0.3, 0.4) is 0 Å². The first-order chi connectivity index (χ1) is 9.80. The summed E-state index contributed by atoms with van der Waals surface area (Å²) in [4.78, 5) is 31.1. The van der Waals surface area contributed by atoms with Crippen molar-refractivity contribution in [2.45, 2.75) is 25.5 Å². The van der Waals surface area contributed by atoms with E-state index in [2.05, 4.69) is 5.09 Å². The zero-order chi connectivity index (χ0) is 15.9. The van der Waals surface area contributed by atoms with Crippen LogP contribution in [0.15, 0.2) is 30.3 Å². The molecule has 1 aromatic carbocycles. The Morgan fingerprint density at radius 3 is 2.30 bits per heavy atom. The number of aliphatic carboxylic acids is 2. The first-order valence-corrected chi connectivity index (χ1v) is 8.67. The molecule has 0 fully saturated rings. The van der Waals surface area contributed by atoms with E-state index >= 15 is 0 Å². The van der Waals surface area contributed by atoms with Crippen LogP contribution in [-0.2, 0) is 32.5 Å². The molecule has 0 amide bonds. The van der Waals surface area contributed by atoms with Crippen LogP contribution in [0.25, 0.3) is 0 Å². The number of hydrogen-bond donors (Lipinski definition) is 2. The number of hydrogen-bond acceptors (Lipinski definition) is 6. The normalized spacial score (nSPS) is 13.8. The largest absolute Gasteiger partial charge is 1.00 e. The molecule has 0 heterocycles. The van der Waals surface area contributed by atoms with Gasteiger partial charge in [0.05, 0.1) is 18.6 Å². The van der Waals surface area contributed by atoms with E-state index in [4.69, 9.17) is 16.3 Å². The molecule has 1 unspecified atom stereocenters. The molecule has 1 rings (SSSR count). The number of carboxylic acids is 2. The summed E-state index contributed by atoms with van der Waals surface area (Å²) in [6.07, 6.45) is -0.821. The maximum Gasteiger partial charge on any atom is 1.00 e. The first kappa shape index (κ1) is 25.1. The Kier molecular flexibility index (Phi) is 13.4. The van der Waals surface area contributed by atoms with Gasteiger partial charge in [-0.1, -0.05) is 30.3 Å². The van der Waals surface area contributed by atoms with E-state index in [0.717, 1.165) is 5.56 Å². The summed E-state index contributed by atoms with van der Waals surface area (Å²) < 4.78 is 5.12. The van der Waals surface area contributed by atoms with Crippen LogP contribution < -0.4 is 53.0 Å². The van der Waals surface area contributed by atoms with Gasteiger partial charge in [-0.15, -0.1) is 0 Å². The molecule has 23 heavy (non-hydrogen) atoms. The maximum atomic E-state index is 10.9. The molecule has 0 saturated heterocycles. The molecular weight excluding hydrogens is 331 g/mol. The van der Waals surface area contributed by atoms with Gasteiger partial charge in [0.2, 0.25) is 0 Å². The Bertz CT molecular complexity index is 548. The Labute approximate surface area is 163 Å². The SMILES string of the molecule is O=C([O-])CC[C@H](NP(O)(=S)OCc1ccccc1)C(=O)[O-].[Li+].[Li+]. The number of carbonyl (C=O) groups is 2. The summed E-state index contributed by atoms with van der Waals surface area (Å²) in [7, 11) is 0. The second kappa shape index (κ2) is 12.3. The van der Waals surface area contributed by atoms with Crippen molar-refractivity contribution in [1.82, 2.24) is 5.09 Å². The van der Waals surface area contributed by atoms with Gasteiger partial charge >= 0.3 is 37.7 Å². The second-order valence-electron chi connectivity index (χ2n) is 4.19. The summed E-state index contributed by atoms with van der Waals surface area (Å²) in [6, 6.07) is 7.44. The van der Waals surface area contributed by atoms with E-state index in [1.54, 1.807) is 24.3 Å². The maximum absolute atomic E-state index is 10.9. The van der Waals surface area contributed by atoms with E-state index in [9.17, 15) is 24.7 Å². The molecule has 0 radical (unpaired) electrons. The number of benzene rings is 1. The zero-order valence-corrected chi connectivity index (χ0v) is 14.6. The molecule has 1 aromatic rings. The fourth-order valence-corrected chi connectivity index (χ4v) is 3.03. The summed E-state index contributed by atoms with van der Waals surface area (Å²) in [5.41, 5.74) is 0.752. The van der Waals surface area contributed by atoms with Gasteiger partial charge < -0.3 is 29.2 Å². The Morgan fingerprint density at radius 2 is 1.83 bits per heavy atom. The summed E-state index contributed by atoms with van der Waals surface area (Å²) >= 11 is 4.80. The molecule has 0 bridgehead atoms. The molecule has 0 saturated carbocycles. The van der Waals surface area contributed by atoms with Crippen LogP contribution in [-0.4, -0.2) is 22.9 Å². The van der Waals surface area contributed by atoms with E-state index in [1.807, 2.05) is 6.07 Å². The van der Waals surface area contributed by atoms with E-state index in [-0.39, 0.29) is 50.7 Å². The van der Waals surface area contributed by atoms with Crippen LogP contribution >= 0.6 is 6.64 Å². The van der Waals surface area contributed by atoms with Crippen LogP contribution in [0.2, 0.25) is 0 Å². The Hall–Kier alpha value is -0.115. The third-order valence-electron chi connectivity index (χ3n) is 2.49. The van der Waals surface area contributed by atoms with Gasteiger partial charge in [-0.2, -0.15) is 0 Å². The van der Waals surface area contributed by atoms with Gasteiger partial charge in [0, 0.05) is 5.97 Å². The molecule has 0 aliphatic heterocycles. The minimum absolute atomic E-state index is 0. The van der Waals surface area contributed by atoms with Crippen molar-refractivity contribution in [3.63, 3.8) is 0 Å². The Balaban J connectivity index is 0. The van der Waals surface area contributed by atoms with Gasteiger partial charge in [-0.3, -0.25) is 0 Å². The molecule has 2 atom stereocenters. The number of carboxylic acid groups (broad SMARTS) is 2. The minimum Gasteiger partial charge on any atom is -0.550 e. The van der Waals surface area contributed by atoms with Crippen molar-refractivity contribution in [3.8, 4) is 0 Å².